The summed E-state index contributed by atoms with van der Waals surface area (Å²) >= 11 is 0. The maximum atomic E-state index is 2.46. The first-order chi connectivity index (χ1) is 24.8. The summed E-state index contributed by atoms with van der Waals surface area (Å²) in [5, 5.41) is 5.01. The van der Waals surface area contributed by atoms with Crippen molar-refractivity contribution in [2.75, 3.05) is 0 Å². The zero-order valence-corrected chi connectivity index (χ0v) is 27.4. The highest BCUT2D eigenvalue weighted by Crippen LogP contribution is 2.41. The third kappa shape index (κ3) is 4.50. The smallest absolute Gasteiger partial charge is 0.0619 e. The van der Waals surface area contributed by atoms with Crippen molar-refractivity contribution in [3.63, 3.8) is 0 Å². The number of hydrogen-bond donors (Lipinski definition) is 0. The van der Waals surface area contributed by atoms with E-state index in [1.54, 1.807) is 0 Å². The Hall–Kier alpha value is -6.64. The van der Waals surface area contributed by atoms with Crippen molar-refractivity contribution in [2.45, 2.75) is 0 Å². The highest BCUT2D eigenvalue weighted by Gasteiger charge is 2.19. The van der Waals surface area contributed by atoms with Crippen LogP contribution in [0.25, 0.3) is 88.4 Å². The van der Waals surface area contributed by atoms with E-state index in [0.717, 1.165) is 5.69 Å². The molecule has 0 N–H and O–H groups in total. The molecule has 2 aromatic heterocycles. The van der Waals surface area contributed by atoms with Crippen LogP contribution >= 0.6 is 0 Å². The quantitative estimate of drug-likeness (QED) is 0.178. The van der Waals surface area contributed by atoms with E-state index in [1.807, 2.05) is 0 Å². The van der Waals surface area contributed by atoms with Crippen molar-refractivity contribution in [1.29, 1.82) is 0 Å². The van der Waals surface area contributed by atoms with Gasteiger partial charge in [0.15, 0.2) is 0 Å². The van der Waals surface area contributed by atoms with Crippen LogP contribution in [0.3, 0.4) is 0 Å². The van der Waals surface area contributed by atoms with E-state index in [1.165, 1.54) is 82.7 Å². The van der Waals surface area contributed by atoms with E-state index in [0.29, 0.717) is 0 Å². The predicted octanol–water partition coefficient (Wildman–Crippen LogP) is 12.9. The summed E-state index contributed by atoms with van der Waals surface area (Å²) in [7, 11) is 0. The summed E-state index contributed by atoms with van der Waals surface area (Å²) in [5.74, 6) is 0. The Morgan fingerprint density at radius 2 is 0.780 bits per heavy atom. The molecule has 2 heterocycles. The maximum absolute atomic E-state index is 2.46. The number of hydrogen-bond acceptors (Lipinski definition) is 0. The van der Waals surface area contributed by atoms with E-state index in [9.17, 15) is 0 Å². The van der Waals surface area contributed by atoms with Gasteiger partial charge in [0.05, 0.1) is 22.1 Å². The second kappa shape index (κ2) is 11.5. The standard InChI is InChI=1S/C48H32N2/c1-3-14-33(15-4-1)34-16-11-17-35(30-34)36-18-12-21-39(31-36)50-46-27-10-7-22-41(46)43-25-13-24-40(48(43)50)37-28-29-47-44(32-37)42-23-8-9-26-45(42)49(47)38-19-5-2-6-20-38/h1-32H. The lowest BCUT2D eigenvalue weighted by molar-refractivity contribution is 1.18. The number of rotatable bonds is 5. The van der Waals surface area contributed by atoms with Gasteiger partial charge in [-0.1, -0.05) is 140 Å². The predicted molar refractivity (Wildman–Crippen MR) is 211 cm³/mol. The number of aromatic nitrogens is 2. The molecule has 0 saturated heterocycles. The van der Waals surface area contributed by atoms with Crippen LogP contribution in [0.4, 0.5) is 0 Å². The van der Waals surface area contributed by atoms with Crippen LogP contribution in [0.2, 0.25) is 0 Å². The first-order valence-corrected chi connectivity index (χ1v) is 17.2. The molecule has 10 rings (SSSR count). The minimum Gasteiger partial charge on any atom is -0.309 e. The molecule has 0 aliphatic heterocycles. The van der Waals surface area contributed by atoms with Crippen LogP contribution in [-0.2, 0) is 0 Å². The molecule has 50 heavy (non-hydrogen) atoms. The summed E-state index contributed by atoms with van der Waals surface area (Å²) in [6.45, 7) is 0. The molecule has 2 heteroatoms. The first-order valence-electron chi connectivity index (χ1n) is 17.2. The van der Waals surface area contributed by atoms with E-state index in [2.05, 4.69) is 203 Å². The van der Waals surface area contributed by atoms with E-state index < -0.39 is 0 Å². The Labute approximate surface area is 290 Å². The molecule has 0 saturated carbocycles. The Morgan fingerprint density at radius 1 is 0.260 bits per heavy atom. The van der Waals surface area contributed by atoms with Gasteiger partial charge in [0.25, 0.3) is 0 Å². The van der Waals surface area contributed by atoms with Gasteiger partial charge in [0.2, 0.25) is 0 Å². The molecule has 10 aromatic rings. The minimum atomic E-state index is 1.15. The van der Waals surface area contributed by atoms with Crippen molar-refractivity contribution in [3.05, 3.63) is 194 Å². The fourth-order valence-electron chi connectivity index (χ4n) is 7.85. The van der Waals surface area contributed by atoms with Crippen LogP contribution in [-0.4, -0.2) is 9.13 Å². The molecule has 0 bridgehead atoms. The van der Waals surface area contributed by atoms with Crippen LogP contribution in [0.1, 0.15) is 0 Å². The molecular weight excluding hydrogens is 605 g/mol. The molecule has 8 aromatic carbocycles. The SMILES string of the molecule is c1ccc(-c2cccc(-c3cccc(-n4c5ccccc5c5cccc(-c6ccc7c(c6)c6ccccc6n7-c6ccccc6)c54)c3)c2)cc1. The van der Waals surface area contributed by atoms with Gasteiger partial charge in [0.1, 0.15) is 0 Å². The lowest BCUT2D eigenvalue weighted by atomic mass is 9.98. The van der Waals surface area contributed by atoms with Gasteiger partial charge < -0.3 is 9.13 Å². The van der Waals surface area contributed by atoms with Crippen molar-refractivity contribution in [1.82, 2.24) is 9.13 Å². The number of nitrogens with zero attached hydrogens (tertiary/aromatic N) is 2. The molecule has 234 valence electrons. The number of para-hydroxylation sites is 4. The van der Waals surface area contributed by atoms with E-state index in [-0.39, 0.29) is 0 Å². The average Bonchev–Trinajstić information content (AvgIpc) is 3.71. The lowest BCUT2D eigenvalue weighted by Crippen LogP contribution is -1.96. The zero-order chi connectivity index (χ0) is 33.0. The lowest BCUT2D eigenvalue weighted by Gasteiger charge is -2.14. The molecule has 0 atom stereocenters. The normalized spacial score (nSPS) is 11.6. The second-order valence-electron chi connectivity index (χ2n) is 13.0. The Bertz CT molecular complexity index is 2860. The van der Waals surface area contributed by atoms with Gasteiger partial charge in [-0.15, -0.1) is 0 Å². The largest absolute Gasteiger partial charge is 0.309 e. The van der Waals surface area contributed by atoms with Gasteiger partial charge in [-0.25, -0.2) is 0 Å². The van der Waals surface area contributed by atoms with Crippen molar-refractivity contribution in [3.8, 4) is 44.8 Å². The highest BCUT2D eigenvalue weighted by molar-refractivity contribution is 6.15. The molecule has 0 radical (unpaired) electrons. The molecule has 0 amide bonds. The number of fused-ring (bicyclic) bond motifs is 6. The van der Waals surface area contributed by atoms with Crippen molar-refractivity contribution >= 4 is 43.6 Å². The minimum absolute atomic E-state index is 1.15. The molecule has 0 unspecified atom stereocenters. The summed E-state index contributed by atoms with van der Waals surface area (Å²) in [4.78, 5) is 0. The summed E-state index contributed by atoms with van der Waals surface area (Å²) < 4.78 is 4.84. The van der Waals surface area contributed by atoms with Gasteiger partial charge >= 0.3 is 0 Å². The van der Waals surface area contributed by atoms with E-state index >= 15 is 0 Å². The molecule has 0 fully saturated rings. The molecule has 0 aliphatic carbocycles. The molecule has 0 spiro atoms. The van der Waals surface area contributed by atoms with Crippen molar-refractivity contribution < 1.29 is 0 Å². The highest BCUT2D eigenvalue weighted by atomic mass is 15.0. The van der Waals surface area contributed by atoms with Crippen LogP contribution in [0.15, 0.2) is 194 Å². The monoisotopic (exact) mass is 636 g/mol. The van der Waals surface area contributed by atoms with Crippen LogP contribution in [0, 0.1) is 0 Å². The average molecular weight is 637 g/mol. The first kappa shape index (κ1) is 28.4. The van der Waals surface area contributed by atoms with Gasteiger partial charge in [0, 0.05) is 38.5 Å². The van der Waals surface area contributed by atoms with E-state index in [4.69, 9.17) is 0 Å². The third-order valence-electron chi connectivity index (χ3n) is 10.1. The summed E-state index contributed by atoms with van der Waals surface area (Å²) in [5.41, 5.74) is 14.4. The Kier molecular flexibility index (Phi) is 6.53. The van der Waals surface area contributed by atoms with Crippen LogP contribution in [0.5, 0.6) is 0 Å². The maximum Gasteiger partial charge on any atom is 0.0619 e. The van der Waals surface area contributed by atoms with Crippen molar-refractivity contribution in [2.24, 2.45) is 0 Å². The second-order valence-corrected chi connectivity index (χ2v) is 13.0. The fraction of sp³-hybridized carbons (Fsp3) is 0. The summed E-state index contributed by atoms with van der Waals surface area (Å²) in [6, 6.07) is 70.4. The van der Waals surface area contributed by atoms with Crippen LogP contribution < -0.4 is 0 Å². The topological polar surface area (TPSA) is 9.86 Å². The van der Waals surface area contributed by atoms with Gasteiger partial charge in [-0.05, 0) is 82.4 Å². The zero-order valence-electron chi connectivity index (χ0n) is 27.4. The third-order valence-corrected chi connectivity index (χ3v) is 10.1. The van der Waals surface area contributed by atoms with Gasteiger partial charge in [-0.3, -0.25) is 0 Å². The fourth-order valence-corrected chi connectivity index (χ4v) is 7.85. The van der Waals surface area contributed by atoms with Gasteiger partial charge in [-0.2, -0.15) is 0 Å². The summed E-state index contributed by atoms with van der Waals surface area (Å²) in [6.07, 6.45) is 0. The molecular formula is C48H32N2. The number of benzene rings is 8. The molecule has 0 aliphatic rings. The Balaban J connectivity index is 1.19. The Morgan fingerprint density at radius 3 is 1.56 bits per heavy atom. The molecule has 2 nitrogen and oxygen atoms in total.